The Morgan fingerprint density at radius 3 is 2.83 bits per heavy atom. The number of aromatic nitrogens is 3. The highest BCUT2D eigenvalue weighted by Crippen LogP contribution is 2.27. The van der Waals surface area contributed by atoms with E-state index in [2.05, 4.69) is 20.8 Å². The van der Waals surface area contributed by atoms with Gasteiger partial charge in [-0.2, -0.15) is 5.10 Å². The van der Waals surface area contributed by atoms with E-state index in [-0.39, 0.29) is 12.5 Å². The highest BCUT2D eigenvalue weighted by Gasteiger charge is 2.18. The summed E-state index contributed by atoms with van der Waals surface area (Å²) in [4.78, 5) is 23.2. The fourth-order valence-corrected chi connectivity index (χ4v) is 2.58. The quantitative estimate of drug-likeness (QED) is 0.431. The Morgan fingerprint density at radius 2 is 2.07 bits per heavy atom. The van der Waals surface area contributed by atoms with Crippen molar-refractivity contribution in [3.05, 3.63) is 48.0 Å². The molecule has 10 nitrogen and oxygen atoms in total. The van der Waals surface area contributed by atoms with Crippen LogP contribution in [0, 0.1) is 0 Å². The van der Waals surface area contributed by atoms with Crippen molar-refractivity contribution >= 4 is 29.1 Å². The van der Waals surface area contributed by atoms with Crippen molar-refractivity contribution in [3.8, 4) is 11.5 Å². The van der Waals surface area contributed by atoms with Gasteiger partial charge in [0.1, 0.15) is 11.6 Å². The maximum Gasteiger partial charge on any atom is 0.264 e. The molecule has 0 aliphatic rings. The molecule has 29 heavy (non-hydrogen) atoms. The first-order valence-electron chi connectivity index (χ1n) is 8.71. The molecule has 1 unspecified atom stereocenters. The van der Waals surface area contributed by atoms with Gasteiger partial charge in [-0.3, -0.25) is 9.59 Å². The Hall–Kier alpha value is -3.95. The molecule has 0 spiro atoms. The van der Waals surface area contributed by atoms with Crippen molar-refractivity contribution in [1.29, 1.82) is 0 Å². The van der Waals surface area contributed by atoms with Crippen LogP contribution < -0.4 is 20.6 Å². The van der Waals surface area contributed by atoms with Crippen molar-refractivity contribution in [1.82, 2.24) is 20.4 Å². The third-order valence-corrected chi connectivity index (χ3v) is 4.07. The maximum absolute atomic E-state index is 12.4. The molecule has 0 fully saturated rings. The molecule has 0 saturated heterocycles. The van der Waals surface area contributed by atoms with Crippen LogP contribution in [0.3, 0.4) is 0 Å². The molecule has 3 rings (SSSR count). The smallest absolute Gasteiger partial charge is 0.264 e. The van der Waals surface area contributed by atoms with Crippen LogP contribution in [0.25, 0.3) is 11.0 Å². The number of fused-ring (bicyclic) bond motifs is 1. The molecule has 150 valence electrons. The molecule has 1 aromatic heterocycles. The molecular weight excluding hydrogens is 376 g/mol. The third kappa shape index (κ3) is 4.67. The van der Waals surface area contributed by atoms with Gasteiger partial charge < -0.3 is 15.2 Å². The van der Waals surface area contributed by atoms with Crippen LogP contribution in [0.15, 0.2) is 47.6 Å². The van der Waals surface area contributed by atoms with E-state index in [1.807, 2.05) is 24.3 Å². The zero-order chi connectivity index (χ0) is 20.8. The van der Waals surface area contributed by atoms with Gasteiger partial charge in [-0.15, -0.1) is 5.10 Å². The number of carbonyl (C=O) groups is 2. The Balaban J connectivity index is 1.65. The van der Waals surface area contributed by atoms with Gasteiger partial charge in [0.05, 0.1) is 18.8 Å². The summed E-state index contributed by atoms with van der Waals surface area (Å²) >= 11 is 0. The van der Waals surface area contributed by atoms with E-state index in [0.29, 0.717) is 22.6 Å². The van der Waals surface area contributed by atoms with Crippen LogP contribution in [0.4, 0.5) is 0 Å². The largest absolute Gasteiger partial charge is 0.493 e. The monoisotopic (exact) mass is 396 g/mol. The number of ether oxygens (including phenoxy) is 2. The van der Waals surface area contributed by atoms with Crippen LogP contribution in [-0.4, -0.2) is 46.7 Å². The van der Waals surface area contributed by atoms with E-state index < -0.39 is 11.9 Å². The minimum atomic E-state index is -0.598. The molecule has 0 bridgehead atoms. The second-order valence-electron chi connectivity index (χ2n) is 6.10. The molecule has 2 amide bonds. The Morgan fingerprint density at radius 1 is 1.28 bits per heavy atom. The number of benzene rings is 2. The molecule has 0 aliphatic carbocycles. The first-order valence-corrected chi connectivity index (χ1v) is 8.71. The van der Waals surface area contributed by atoms with Crippen LogP contribution >= 0.6 is 0 Å². The van der Waals surface area contributed by atoms with Crippen LogP contribution in [0.2, 0.25) is 0 Å². The number of methoxy groups -OCH3 is 1. The minimum absolute atomic E-state index is 0.255. The van der Waals surface area contributed by atoms with E-state index in [0.717, 1.165) is 5.52 Å². The Bertz CT molecular complexity index is 1060. The Labute approximate surface area is 166 Å². The number of rotatable bonds is 8. The lowest BCUT2D eigenvalue weighted by molar-refractivity contribution is -0.124. The SMILES string of the molecule is COc1cc(/C=N/NC(=O)C(C)n2nnc3ccccc32)ccc1OCC(N)=O. The molecule has 3 N–H and O–H groups in total. The van der Waals surface area contributed by atoms with Gasteiger partial charge in [0.15, 0.2) is 18.1 Å². The highest BCUT2D eigenvalue weighted by molar-refractivity contribution is 5.85. The lowest BCUT2D eigenvalue weighted by Gasteiger charge is -2.11. The van der Waals surface area contributed by atoms with Crippen LogP contribution in [-0.2, 0) is 9.59 Å². The summed E-state index contributed by atoms with van der Waals surface area (Å²) in [5, 5.41) is 12.1. The van der Waals surface area contributed by atoms with E-state index in [1.54, 1.807) is 25.1 Å². The number of hydrogen-bond acceptors (Lipinski definition) is 7. The molecular formula is C19H20N6O4. The number of carbonyl (C=O) groups excluding carboxylic acids is 2. The number of nitrogens with two attached hydrogens (primary N) is 1. The summed E-state index contributed by atoms with van der Waals surface area (Å²) in [6.07, 6.45) is 1.46. The zero-order valence-corrected chi connectivity index (χ0v) is 15.9. The predicted octanol–water partition coefficient (Wildman–Crippen LogP) is 1.02. The number of nitrogens with one attached hydrogen (secondary N) is 1. The van der Waals surface area contributed by atoms with E-state index in [9.17, 15) is 9.59 Å². The fraction of sp³-hybridized carbons (Fsp3) is 0.211. The van der Waals surface area contributed by atoms with Gasteiger partial charge in [-0.25, -0.2) is 10.1 Å². The summed E-state index contributed by atoms with van der Waals surface area (Å²) < 4.78 is 12.0. The van der Waals surface area contributed by atoms with Gasteiger partial charge in [0.2, 0.25) is 0 Å². The van der Waals surface area contributed by atoms with Gasteiger partial charge in [-0.05, 0) is 42.8 Å². The molecule has 1 heterocycles. The molecule has 0 aliphatic heterocycles. The number of hydrazone groups is 1. The maximum atomic E-state index is 12.4. The van der Waals surface area contributed by atoms with Crippen molar-refractivity contribution in [2.45, 2.75) is 13.0 Å². The van der Waals surface area contributed by atoms with Gasteiger partial charge >= 0.3 is 0 Å². The average molecular weight is 396 g/mol. The normalized spacial score (nSPS) is 12.1. The molecule has 2 aromatic carbocycles. The lowest BCUT2D eigenvalue weighted by atomic mass is 10.2. The predicted molar refractivity (Wildman–Crippen MR) is 106 cm³/mol. The van der Waals surface area contributed by atoms with E-state index >= 15 is 0 Å². The Kier molecular flexibility index (Phi) is 6.03. The van der Waals surface area contributed by atoms with Gasteiger partial charge in [0, 0.05) is 0 Å². The first-order chi connectivity index (χ1) is 14.0. The number of para-hydroxylation sites is 1. The van der Waals surface area contributed by atoms with Crippen molar-refractivity contribution < 1.29 is 19.1 Å². The minimum Gasteiger partial charge on any atom is -0.493 e. The number of nitrogens with zero attached hydrogens (tertiary/aromatic N) is 4. The van der Waals surface area contributed by atoms with E-state index in [4.69, 9.17) is 15.2 Å². The summed E-state index contributed by atoms with van der Waals surface area (Å²) in [5.74, 6) is -0.150. The second-order valence-corrected chi connectivity index (χ2v) is 6.10. The molecule has 0 radical (unpaired) electrons. The molecule has 3 aromatic rings. The summed E-state index contributed by atoms with van der Waals surface area (Å²) in [7, 11) is 1.47. The molecule has 10 heteroatoms. The van der Waals surface area contributed by atoms with Crippen LogP contribution in [0.5, 0.6) is 11.5 Å². The lowest BCUT2D eigenvalue weighted by Crippen LogP contribution is -2.28. The van der Waals surface area contributed by atoms with Crippen molar-refractivity contribution in [2.75, 3.05) is 13.7 Å². The molecule has 0 saturated carbocycles. The topological polar surface area (TPSA) is 134 Å². The zero-order valence-electron chi connectivity index (χ0n) is 15.9. The number of primary amides is 1. The van der Waals surface area contributed by atoms with Crippen molar-refractivity contribution in [2.24, 2.45) is 10.8 Å². The second kappa shape index (κ2) is 8.83. The number of hydrogen-bond donors (Lipinski definition) is 2. The first kappa shape index (κ1) is 19.8. The number of amides is 2. The summed E-state index contributed by atoms with van der Waals surface area (Å²) in [6, 6.07) is 11.8. The summed E-state index contributed by atoms with van der Waals surface area (Å²) in [6.45, 7) is 1.45. The van der Waals surface area contributed by atoms with Crippen LogP contribution in [0.1, 0.15) is 18.5 Å². The third-order valence-electron chi connectivity index (χ3n) is 4.07. The van der Waals surface area contributed by atoms with E-state index in [1.165, 1.54) is 18.0 Å². The molecule has 1 atom stereocenters. The average Bonchev–Trinajstić information content (AvgIpc) is 3.16. The van der Waals surface area contributed by atoms with Gasteiger partial charge in [-0.1, -0.05) is 17.3 Å². The van der Waals surface area contributed by atoms with Gasteiger partial charge in [0.25, 0.3) is 11.8 Å². The van der Waals surface area contributed by atoms with Crippen molar-refractivity contribution in [3.63, 3.8) is 0 Å². The summed E-state index contributed by atoms with van der Waals surface area (Å²) in [5.41, 5.74) is 9.68. The highest BCUT2D eigenvalue weighted by atomic mass is 16.5. The fourth-order valence-electron chi connectivity index (χ4n) is 2.58. The standard InChI is InChI=1S/C19H20N6O4/c1-12(25-15-6-4-3-5-14(15)22-24-25)19(27)23-21-10-13-7-8-16(17(9-13)28-2)29-11-18(20)26/h3-10,12H,11H2,1-2H3,(H2,20,26)(H,23,27)/b21-10+.